The van der Waals surface area contributed by atoms with Crippen LogP contribution in [0.4, 0.5) is 5.69 Å². The number of sulfonamides is 1. The van der Waals surface area contributed by atoms with Gasteiger partial charge in [-0.3, -0.25) is 0 Å². The van der Waals surface area contributed by atoms with Crippen molar-refractivity contribution in [2.75, 3.05) is 25.0 Å². The molecular weight excluding hydrogens is 276 g/mol. The molecule has 6 heteroatoms. The van der Waals surface area contributed by atoms with Crippen LogP contribution < -0.4 is 10.0 Å². The summed E-state index contributed by atoms with van der Waals surface area (Å²) in [5, 5.41) is 12.2. The second kappa shape index (κ2) is 7.06. The number of hydrogen-bond acceptors (Lipinski definition) is 4. The summed E-state index contributed by atoms with van der Waals surface area (Å²) in [7, 11) is -3.39. The molecule has 0 spiro atoms. The molecule has 0 unspecified atom stereocenters. The third kappa shape index (κ3) is 5.11. The quantitative estimate of drug-likeness (QED) is 0.684. The predicted octanol–water partition coefficient (Wildman–Crippen LogP) is 1.81. The van der Waals surface area contributed by atoms with Gasteiger partial charge >= 0.3 is 0 Å². The van der Waals surface area contributed by atoms with E-state index in [4.69, 9.17) is 5.11 Å². The lowest BCUT2D eigenvalue weighted by atomic mass is 9.90. The van der Waals surface area contributed by atoms with Crippen LogP contribution in [0.5, 0.6) is 0 Å². The summed E-state index contributed by atoms with van der Waals surface area (Å²) in [6.07, 6.45) is 0.715. The van der Waals surface area contributed by atoms with Gasteiger partial charge in [0, 0.05) is 25.4 Å². The monoisotopic (exact) mass is 300 g/mol. The molecule has 1 aromatic rings. The van der Waals surface area contributed by atoms with Gasteiger partial charge < -0.3 is 10.4 Å². The topological polar surface area (TPSA) is 78.4 Å². The van der Waals surface area contributed by atoms with Gasteiger partial charge in [0.25, 0.3) is 0 Å². The maximum atomic E-state index is 11.8. The standard InChI is InChI=1S/C14H24N2O3S/c1-4-16-20(18,19)13-7-5-12(6-8-13)15-11-14(2,3)9-10-17/h5-8,15-17H,4,9-11H2,1-3H3. The lowest BCUT2D eigenvalue weighted by molar-refractivity contribution is 0.220. The first-order valence-corrected chi connectivity index (χ1v) is 8.23. The molecule has 1 rings (SSSR count). The van der Waals surface area contributed by atoms with Crippen molar-refractivity contribution < 1.29 is 13.5 Å². The van der Waals surface area contributed by atoms with Gasteiger partial charge in [-0.05, 0) is 36.1 Å². The Hall–Kier alpha value is -1.11. The highest BCUT2D eigenvalue weighted by Crippen LogP contribution is 2.21. The minimum atomic E-state index is -3.39. The number of hydrogen-bond donors (Lipinski definition) is 3. The molecule has 0 fully saturated rings. The molecule has 1 aromatic carbocycles. The van der Waals surface area contributed by atoms with E-state index in [-0.39, 0.29) is 16.9 Å². The summed E-state index contributed by atoms with van der Waals surface area (Å²) in [6, 6.07) is 6.66. The van der Waals surface area contributed by atoms with Crippen LogP contribution in [0.25, 0.3) is 0 Å². The molecule has 0 heterocycles. The van der Waals surface area contributed by atoms with Gasteiger partial charge in [-0.15, -0.1) is 0 Å². The Bertz CT molecular complexity index is 510. The average molecular weight is 300 g/mol. The van der Waals surface area contributed by atoms with E-state index in [2.05, 4.69) is 23.9 Å². The highest BCUT2D eigenvalue weighted by molar-refractivity contribution is 7.89. The molecule has 0 saturated carbocycles. The van der Waals surface area contributed by atoms with E-state index in [1.54, 1.807) is 31.2 Å². The largest absolute Gasteiger partial charge is 0.396 e. The lowest BCUT2D eigenvalue weighted by Crippen LogP contribution is -2.24. The third-order valence-corrected chi connectivity index (χ3v) is 4.62. The molecule has 0 atom stereocenters. The van der Waals surface area contributed by atoms with Crippen LogP contribution in [0.3, 0.4) is 0 Å². The van der Waals surface area contributed by atoms with E-state index < -0.39 is 10.0 Å². The van der Waals surface area contributed by atoms with Crippen molar-refractivity contribution in [1.82, 2.24) is 4.72 Å². The van der Waals surface area contributed by atoms with Crippen LogP contribution >= 0.6 is 0 Å². The number of aliphatic hydroxyl groups is 1. The number of anilines is 1. The third-order valence-electron chi connectivity index (χ3n) is 3.06. The number of nitrogens with one attached hydrogen (secondary N) is 2. The fourth-order valence-electron chi connectivity index (χ4n) is 1.76. The summed E-state index contributed by atoms with van der Waals surface area (Å²) in [5.41, 5.74) is 0.856. The molecule has 20 heavy (non-hydrogen) atoms. The summed E-state index contributed by atoms with van der Waals surface area (Å²) in [5.74, 6) is 0. The minimum absolute atomic E-state index is 0.0107. The van der Waals surface area contributed by atoms with Crippen LogP contribution in [0, 0.1) is 5.41 Å². The fraction of sp³-hybridized carbons (Fsp3) is 0.571. The van der Waals surface area contributed by atoms with Gasteiger partial charge in [-0.25, -0.2) is 13.1 Å². The Kier molecular flexibility index (Phi) is 5.98. The first kappa shape index (κ1) is 16.9. The maximum Gasteiger partial charge on any atom is 0.240 e. The van der Waals surface area contributed by atoms with Crippen molar-refractivity contribution in [3.8, 4) is 0 Å². The summed E-state index contributed by atoms with van der Waals surface area (Å²) < 4.78 is 26.0. The van der Waals surface area contributed by atoms with Gasteiger partial charge in [0.1, 0.15) is 0 Å². The minimum Gasteiger partial charge on any atom is -0.396 e. The molecule has 0 aromatic heterocycles. The zero-order chi connectivity index (χ0) is 15.2. The van der Waals surface area contributed by atoms with Crippen molar-refractivity contribution in [3.05, 3.63) is 24.3 Å². The highest BCUT2D eigenvalue weighted by atomic mass is 32.2. The number of rotatable bonds is 8. The fourth-order valence-corrected chi connectivity index (χ4v) is 2.80. The summed E-state index contributed by atoms with van der Waals surface area (Å²) >= 11 is 0. The Labute approximate surface area is 121 Å². The Balaban J connectivity index is 2.68. The normalized spacial score (nSPS) is 12.4. The van der Waals surface area contributed by atoms with Crippen LogP contribution in [0.2, 0.25) is 0 Å². The molecule has 5 nitrogen and oxygen atoms in total. The first-order chi connectivity index (χ1) is 9.30. The van der Waals surface area contributed by atoms with Crippen molar-refractivity contribution in [2.24, 2.45) is 5.41 Å². The second-order valence-electron chi connectivity index (χ2n) is 5.52. The van der Waals surface area contributed by atoms with E-state index in [0.29, 0.717) is 19.5 Å². The Morgan fingerprint density at radius 1 is 1.20 bits per heavy atom. The average Bonchev–Trinajstić information content (AvgIpc) is 2.37. The Morgan fingerprint density at radius 3 is 2.30 bits per heavy atom. The zero-order valence-corrected chi connectivity index (χ0v) is 13.1. The van der Waals surface area contributed by atoms with E-state index in [9.17, 15) is 8.42 Å². The molecule has 0 saturated heterocycles. The van der Waals surface area contributed by atoms with Crippen molar-refractivity contribution in [1.29, 1.82) is 0 Å². The Morgan fingerprint density at radius 2 is 1.80 bits per heavy atom. The zero-order valence-electron chi connectivity index (χ0n) is 12.3. The molecular formula is C14H24N2O3S. The van der Waals surface area contributed by atoms with Gasteiger partial charge in [-0.2, -0.15) is 0 Å². The van der Waals surface area contributed by atoms with Crippen molar-refractivity contribution in [3.63, 3.8) is 0 Å². The molecule has 0 bridgehead atoms. The maximum absolute atomic E-state index is 11.8. The lowest BCUT2D eigenvalue weighted by Gasteiger charge is -2.24. The van der Waals surface area contributed by atoms with Gasteiger partial charge in [0.15, 0.2) is 0 Å². The SMILES string of the molecule is CCNS(=O)(=O)c1ccc(NCC(C)(C)CCO)cc1. The molecule has 114 valence electrons. The molecule has 0 amide bonds. The van der Waals surface area contributed by atoms with Crippen LogP contribution in [-0.4, -0.2) is 33.2 Å². The van der Waals surface area contributed by atoms with Gasteiger partial charge in [0.2, 0.25) is 10.0 Å². The van der Waals surface area contributed by atoms with E-state index in [1.807, 2.05) is 0 Å². The molecule has 0 aliphatic heterocycles. The first-order valence-electron chi connectivity index (χ1n) is 6.75. The van der Waals surface area contributed by atoms with Crippen molar-refractivity contribution in [2.45, 2.75) is 32.1 Å². The summed E-state index contributed by atoms with van der Waals surface area (Å²) in [4.78, 5) is 0.263. The molecule has 0 aliphatic carbocycles. The predicted molar refractivity (Wildman–Crippen MR) is 81.3 cm³/mol. The molecule has 3 N–H and O–H groups in total. The van der Waals surface area contributed by atoms with Gasteiger partial charge in [-0.1, -0.05) is 20.8 Å². The second-order valence-corrected chi connectivity index (χ2v) is 7.28. The van der Waals surface area contributed by atoms with Crippen LogP contribution in [0.15, 0.2) is 29.2 Å². The number of aliphatic hydroxyl groups excluding tert-OH is 1. The molecule has 0 aliphatic rings. The highest BCUT2D eigenvalue weighted by Gasteiger charge is 2.17. The van der Waals surface area contributed by atoms with E-state index in [0.717, 1.165) is 5.69 Å². The van der Waals surface area contributed by atoms with Crippen LogP contribution in [0.1, 0.15) is 27.2 Å². The number of benzene rings is 1. The van der Waals surface area contributed by atoms with Crippen molar-refractivity contribution >= 4 is 15.7 Å². The van der Waals surface area contributed by atoms with E-state index >= 15 is 0 Å². The van der Waals surface area contributed by atoms with Crippen LogP contribution in [-0.2, 0) is 10.0 Å². The summed E-state index contributed by atoms with van der Waals surface area (Å²) in [6.45, 7) is 7.14. The van der Waals surface area contributed by atoms with E-state index in [1.165, 1.54) is 0 Å². The molecule has 0 radical (unpaired) electrons. The smallest absolute Gasteiger partial charge is 0.240 e. The van der Waals surface area contributed by atoms with Gasteiger partial charge in [0.05, 0.1) is 4.90 Å².